The van der Waals surface area contributed by atoms with Crippen molar-refractivity contribution in [3.8, 4) is 0 Å². The van der Waals surface area contributed by atoms with Gasteiger partial charge >= 0.3 is 0 Å². The predicted octanol–water partition coefficient (Wildman–Crippen LogP) is 1.69. The minimum absolute atomic E-state index is 0.193. The normalized spacial score (nSPS) is 19.4. The fourth-order valence-corrected chi connectivity index (χ4v) is 2.42. The van der Waals surface area contributed by atoms with E-state index in [0.717, 1.165) is 43.1 Å². The molecule has 17 heavy (non-hydrogen) atoms. The number of aromatic nitrogens is 2. The molecular weight excluding hydrogens is 214 g/mol. The first-order valence-electron chi connectivity index (χ1n) is 6.31. The van der Waals surface area contributed by atoms with E-state index in [9.17, 15) is 5.11 Å². The van der Waals surface area contributed by atoms with Crippen LogP contribution < -0.4 is 4.90 Å². The molecule has 1 aliphatic rings. The molecule has 0 bridgehead atoms. The quantitative estimate of drug-likeness (QED) is 0.847. The Hall–Kier alpha value is -1.16. The van der Waals surface area contributed by atoms with Crippen LogP contribution in [0.4, 0.5) is 5.82 Å². The lowest BCUT2D eigenvalue weighted by Gasteiger charge is -2.34. The molecule has 0 saturated carbocycles. The molecule has 0 aromatic carbocycles. The van der Waals surface area contributed by atoms with E-state index >= 15 is 0 Å². The van der Waals surface area contributed by atoms with E-state index in [2.05, 4.69) is 14.9 Å². The summed E-state index contributed by atoms with van der Waals surface area (Å²) in [6.07, 6.45) is 3.68. The Kier molecular flexibility index (Phi) is 3.62. The van der Waals surface area contributed by atoms with Crippen LogP contribution in [0.5, 0.6) is 0 Å². The van der Waals surface area contributed by atoms with Gasteiger partial charge < -0.3 is 10.0 Å². The Balaban J connectivity index is 2.07. The summed E-state index contributed by atoms with van der Waals surface area (Å²) < 4.78 is 0. The lowest BCUT2D eigenvalue weighted by atomic mass is 9.92. The topological polar surface area (TPSA) is 49.2 Å². The van der Waals surface area contributed by atoms with Crippen LogP contribution in [-0.4, -0.2) is 34.3 Å². The van der Waals surface area contributed by atoms with Gasteiger partial charge in [-0.2, -0.15) is 0 Å². The van der Waals surface area contributed by atoms with Gasteiger partial charge in [0.15, 0.2) is 0 Å². The van der Waals surface area contributed by atoms with E-state index in [0.29, 0.717) is 5.92 Å². The maximum atomic E-state index is 9.59. The highest BCUT2D eigenvalue weighted by Crippen LogP contribution is 2.25. The Labute approximate surface area is 103 Å². The van der Waals surface area contributed by atoms with Crippen LogP contribution in [-0.2, 0) is 0 Å². The van der Waals surface area contributed by atoms with E-state index in [1.807, 2.05) is 20.8 Å². The highest BCUT2D eigenvalue weighted by Gasteiger charge is 2.24. The van der Waals surface area contributed by atoms with Gasteiger partial charge in [0.2, 0.25) is 0 Å². The summed E-state index contributed by atoms with van der Waals surface area (Å²) in [5.41, 5.74) is 1.95. The third-order valence-electron chi connectivity index (χ3n) is 3.57. The molecule has 1 aromatic heterocycles. The van der Waals surface area contributed by atoms with Gasteiger partial charge in [-0.25, -0.2) is 4.98 Å². The predicted molar refractivity (Wildman–Crippen MR) is 68.1 cm³/mol. The molecule has 2 rings (SSSR count). The summed E-state index contributed by atoms with van der Waals surface area (Å²) in [7, 11) is 0. The zero-order valence-electron chi connectivity index (χ0n) is 10.8. The summed E-state index contributed by atoms with van der Waals surface area (Å²) in [6.45, 7) is 7.79. The van der Waals surface area contributed by atoms with Crippen LogP contribution in [0.15, 0.2) is 6.20 Å². The Morgan fingerprint density at radius 3 is 2.59 bits per heavy atom. The fraction of sp³-hybridized carbons (Fsp3) is 0.692. The molecule has 0 amide bonds. The summed E-state index contributed by atoms with van der Waals surface area (Å²) in [5.74, 6) is 1.44. The minimum atomic E-state index is -0.193. The second-order valence-corrected chi connectivity index (χ2v) is 4.99. The smallest absolute Gasteiger partial charge is 0.150 e. The molecule has 1 aliphatic heterocycles. The first-order chi connectivity index (χ1) is 8.08. The number of piperidine rings is 1. The second-order valence-electron chi connectivity index (χ2n) is 4.99. The molecule has 1 unspecified atom stereocenters. The van der Waals surface area contributed by atoms with Crippen molar-refractivity contribution in [2.24, 2.45) is 5.92 Å². The number of rotatable bonds is 2. The van der Waals surface area contributed by atoms with Crippen LogP contribution >= 0.6 is 0 Å². The molecule has 1 fully saturated rings. The van der Waals surface area contributed by atoms with E-state index in [1.165, 1.54) is 0 Å². The van der Waals surface area contributed by atoms with Crippen molar-refractivity contribution in [1.82, 2.24) is 9.97 Å². The molecule has 2 heterocycles. The molecule has 4 nitrogen and oxygen atoms in total. The molecule has 0 radical (unpaired) electrons. The maximum Gasteiger partial charge on any atom is 0.150 e. The third-order valence-corrected chi connectivity index (χ3v) is 3.57. The van der Waals surface area contributed by atoms with E-state index < -0.39 is 0 Å². The van der Waals surface area contributed by atoms with Crippen molar-refractivity contribution < 1.29 is 5.11 Å². The van der Waals surface area contributed by atoms with Crippen molar-refractivity contribution in [2.75, 3.05) is 18.0 Å². The standard InChI is InChI=1S/C13H21N3O/c1-9-8-14-10(2)13(15-9)16-6-4-12(5-7-16)11(3)17/h8,11-12,17H,4-7H2,1-3H3. The summed E-state index contributed by atoms with van der Waals surface area (Å²) in [6, 6.07) is 0. The number of aliphatic hydroxyl groups is 1. The number of hydrogen-bond acceptors (Lipinski definition) is 4. The summed E-state index contributed by atoms with van der Waals surface area (Å²) in [4.78, 5) is 11.2. The van der Waals surface area contributed by atoms with Crippen molar-refractivity contribution in [3.63, 3.8) is 0 Å². The zero-order chi connectivity index (χ0) is 12.4. The average molecular weight is 235 g/mol. The summed E-state index contributed by atoms with van der Waals surface area (Å²) >= 11 is 0. The summed E-state index contributed by atoms with van der Waals surface area (Å²) in [5, 5.41) is 9.59. The van der Waals surface area contributed by atoms with Crippen LogP contribution in [0.2, 0.25) is 0 Å². The van der Waals surface area contributed by atoms with Crippen molar-refractivity contribution in [1.29, 1.82) is 0 Å². The second kappa shape index (κ2) is 5.00. The largest absolute Gasteiger partial charge is 0.393 e. The molecule has 0 spiro atoms. The highest BCUT2D eigenvalue weighted by atomic mass is 16.3. The van der Waals surface area contributed by atoms with Crippen LogP contribution in [0.1, 0.15) is 31.2 Å². The molecule has 0 aliphatic carbocycles. The Bertz CT molecular complexity index is 384. The van der Waals surface area contributed by atoms with Gasteiger partial charge in [-0.1, -0.05) is 0 Å². The molecule has 1 atom stereocenters. The van der Waals surface area contributed by atoms with Gasteiger partial charge in [-0.05, 0) is 39.5 Å². The zero-order valence-corrected chi connectivity index (χ0v) is 10.8. The fourth-order valence-electron chi connectivity index (χ4n) is 2.42. The number of nitrogens with zero attached hydrogens (tertiary/aromatic N) is 3. The van der Waals surface area contributed by atoms with E-state index in [1.54, 1.807) is 6.20 Å². The van der Waals surface area contributed by atoms with Crippen LogP contribution in [0.25, 0.3) is 0 Å². The maximum absolute atomic E-state index is 9.59. The molecule has 1 aromatic rings. The first kappa shape index (κ1) is 12.3. The van der Waals surface area contributed by atoms with Gasteiger partial charge in [-0.15, -0.1) is 0 Å². The van der Waals surface area contributed by atoms with Gasteiger partial charge in [-0.3, -0.25) is 4.98 Å². The van der Waals surface area contributed by atoms with Crippen molar-refractivity contribution in [2.45, 2.75) is 39.7 Å². The molecule has 4 heteroatoms. The lowest BCUT2D eigenvalue weighted by Crippen LogP contribution is -2.38. The van der Waals surface area contributed by atoms with Gasteiger partial charge in [0, 0.05) is 19.3 Å². The molecule has 1 N–H and O–H groups in total. The molecule has 1 saturated heterocycles. The van der Waals surface area contributed by atoms with Gasteiger partial charge in [0.05, 0.1) is 17.5 Å². The lowest BCUT2D eigenvalue weighted by molar-refractivity contribution is 0.109. The van der Waals surface area contributed by atoms with E-state index in [4.69, 9.17) is 0 Å². The van der Waals surface area contributed by atoms with Crippen LogP contribution in [0.3, 0.4) is 0 Å². The number of anilines is 1. The SMILES string of the molecule is Cc1cnc(C)c(N2CCC(C(C)O)CC2)n1. The molecular formula is C13H21N3O. The minimum Gasteiger partial charge on any atom is -0.393 e. The number of aryl methyl sites for hydroxylation is 2. The Morgan fingerprint density at radius 2 is 2.00 bits per heavy atom. The Morgan fingerprint density at radius 1 is 1.35 bits per heavy atom. The highest BCUT2D eigenvalue weighted by molar-refractivity contribution is 5.43. The van der Waals surface area contributed by atoms with Gasteiger partial charge in [0.1, 0.15) is 5.82 Å². The van der Waals surface area contributed by atoms with Crippen molar-refractivity contribution >= 4 is 5.82 Å². The van der Waals surface area contributed by atoms with E-state index in [-0.39, 0.29) is 6.10 Å². The van der Waals surface area contributed by atoms with Crippen molar-refractivity contribution in [3.05, 3.63) is 17.6 Å². The monoisotopic (exact) mass is 235 g/mol. The van der Waals surface area contributed by atoms with Gasteiger partial charge in [0.25, 0.3) is 0 Å². The average Bonchev–Trinajstić information content (AvgIpc) is 2.32. The molecule has 94 valence electrons. The number of hydrogen-bond donors (Lipinski definition) is 1. The third kappa shape index (κ3) is 2.75. The van der Waals surface area contributed by atoms with Crippen LogP contribution in [0, 0.1) is 19.8 Å². The first-order valence-corrected chi connectivity index (χ1v) is 6.31. The number of aliphatic hydroxyl groups excluding tert-OH is 1.